The fourth-order valence-electron chi connectivity index (χ4n) is 6.78. The molecule has 0 unspecified atom stereocenters. The first-order valence-corrected chi connectivity index (χ1v) is 17.9. The molecule has 3 aromatic heterocycles. The first-order chi connectivity index (χ1) is 25.7. The largest absolute Gasteiger partial charge is 0.456 e. The molecular weight excluding hydrogens is 657 g/mol. The van der Waals surface area contributed by atoms with Gasteiger partial charge < -0.3 is 4.42 Å². The minimum absolute atomic E-state index is 0.586. The summed E-state index contributed by atoms with van der Waals surface area (Å²) < 4.78 is 7.66. The highest BCUT2D eigenvalue weighted by Crippen LogP contribution is 2.39. The average molecular weight is 685 g/mol. The van der Waals surface area contributed by atoms with Crippen molar-refractivity contribution in [2.75, 3.05) is 0 Å². The van der Waals surface area contributed by atoms with Crippen molar-refractivity contribution in [3.63, 3.8) is 0 Å². The fourth-order valence-corrected chi connectivity index (χ4v) is 7.74. The number of furan rings is 1. The lowest BCUT2D eigenvalue weighted by atomic mass is 10.0. The molecule has 6 heteroatoms. The van der Waals surface area contributed by atoms with Gasteiger partial charge >= 0.3 is 0 Å². The highest BCUT2D eigenvalue weighted by Gasteiger charge is 2.19. The Labute approximate surface area is 303 Å². The van der Waals surface area contributed by atoms with Crippen molar-refractivity contribution in [3.05, 3.63) is 170 Å². The van der Waals surface area contributed by atoms with Crippen molar-refractivity contribution in [1.29, 1.82) is 0 Å². The Kier molecular flexibility index (Phi) is 7.25. The van der Waals surface area contributed by atoms with Crippen molar-refractivity contribution >= 4 is 43.5 Å². The van der Waals surface area contributed by atoms with E-state index in [4.69, 9.17) is 24.4 Å². The second-order valence-corrected chi connectivity index (χ2v) is 13.7. The number of hydrogen-bond acceptors (Lipinski definition) is 6. The molecule has 10 rings (SSSR count). The summed E-state index contributed by atoms with van der Waals surface area (Å²) in [5.74, 6) is 1.80. The van der Waals surface area contributed by atoms with Crippen LogP contribution < -0.4 is 0 Å². The van der Waals surface area contributed by atoms with E-state index >= 15 is 0 Å². The molecule has 0 fully saturated rings. The Morgan fingerprint density at radius 1 is 0.385 bits per heavy atom. The molecule has 7 aromatic carbocycles. The highest BCUT2D eigenvalue weighted by molar-refractivity contribution is 7.21. The van der Waals surface area contributed by atoms with Crippen LogP contribution in [0.25, 0.3) is 99.1 Å². The van der Waals surface area contributed by atoms with Crippen LogP contribution >= 0.6 is 11.3 Å². The summed E-state index contributed by atoms with van der Waals surface area (Å²) in [7, 11) is 0. The van der Waals surface area contributed by atoms with E-state index < -0.39 is 0 Å². The molecule has 0 N–H and O–H groups in total. The summed E-state index contributed by atoms with van der Waals surface area (Å²) in [6.07, 6.45) is 0. The van der Waals surface area contributed by atoms with Crippen molar-refractivity contribution in [1.82, 2.24) is 19.9 Å². The zero-order valence-electron chi connectivity index (χ0n) is 27.8. The maximum absolute atomic E-state index is 6.50. The summed E-state index contributed by atoms with van der Waals surface area (Å²) >= 11 is 1.68. The van der Waals surface area contributed by atoms with Gasteiger partial charge in [-0.25, -0.2) is 19.9 Å². The van der Waals surface area contributed by atoms with Gasteiger partial charge in [-0.15, -0.1) is 11.3 Å². The first kappa shape index (κ1) is 30.1. The van der Waals surface area contributed by atoms with E-state index in [9.17, 15) is 0 Å². The Morgan fingerprint density at radius 3 is 1.56 bits per heavy atom. The second-order valence-electron chi connectivity index (χ2n) is 12.7. The monoisotopic (exact) mass is 684 g/mol. The zero-order valence-corrected chi connectivity index (χ0v) is 28.6. The molecule has 0 aliphatic rings. The van der Waals surface area contributed by atoms with Crippen LogP contribution in [0.15, 0.2) is 174 Å². The van der Waals surface area contributed by atoms with Gasteiger partial charge in [0.1, 0.15) is 16.2 Å². The topological polar surface area (TPSA) is 64.7 Å². The van der Waals surface area contributed by atoms with Crippen LogP contribution in [-0.2, 0) is 0 Å². The molecule has 3 heterocycles. The third-order valence-electron chi connectivity index (χ3n) is 9.41. The van der Waals surface area contributed by atoms with Gasteiger partial charge in [0, 0.05) is 33.0 Å². The second kappa shape index (κ2) is 12.5. The molecule has 10 aromatic rings. The summed E-state index contributed by atoms with van der Waals surface area (Å²) in [6.45, 7) is 0. The van der Waals surface area contributed by atoms with Crippen LogP contribution in [0.3, 0.4) is 0 Å². The van der Waals surface area contributed by atoms with Gasteiger partial charge in [0.15, 0.2) is 17.5 Å². The van der Waals surface area contributed by atoms with Gasteiger partial charge in [-0.2, -0.15) is 0 Å². The Balaban J connectivity index is 1.11. The SMILES string of the molecule is c1ccc(-c2ccc(-c3nc(-c4ccc(-c5ccccc5)cc4)nc(-c4cccc5oc6cc(-c7nc8ccccc8s7)ccc6c45)n3)cc2)cc1. The number of nitrogens with zero attached hydrogens (tertiary/aromatic N) is 4. The zero-order chi connectivity index (χ0) is 34.4. The summed E-state index contributed by atoms with van der Waals surface area (Å²) in [5, 5.41) is 2.93. The Morgan fingerprint density at radius 2 is 0.923 bits per heavy atom. The van der Waals surface area contributed by atoms with Crippen LogP contribution in [-0.4, -0.2) is 19.9 Å². The average Bonchev–Trinajstić information content (AvgIpc) is 3.83. The number of fused-ring (bicyclic) bond motifs is 4. The normalized spacial score (nSPS) is 11.5. The van der Waals surface area contributed by atoms with Gasteiger partial charge in [-0.3, -0.25) is 0 Å². The molecule has 0 aliphatic carbocycles. The van der Waals surface area contributed by atoms with Gasteiger partial charge in [-0.05, 0) is 52.6 Å². The number of rotatable bonds is 6. The van der Waals surface area contributed by atoms with Crippen LogP contribution in [0.2, 0.25) is 0 Å². The minimum Gasteiger partial charge on any atom is -0.456 e. The molecule has 0 bridgehead atoms. The van der Waals surface area contributed by atoms with Crippen molar-refractivity contribution in [2.45, 2.75) is 0 Å². The first-order valence-electron chi connectivity index (χ1n) is 17.1. The molecule has 0 saturated heterocycles. The number of benzene rings is 7. The smallest absolute Gasteiger partial charge is 0.164 e. The summed E-state index contributed by atoms with van der Waals surface area (Å²) in [5.41, 5.74) is 10.9. The maximum Gasteiger partial charge on any atom is 0.164 e. The van der Waals surface area contributed by atoms with E-state index in [1.165, 1.54) is 0 Å². The Bertz CT molecular complexity index is 2750. The summed E-state index contributed by atoms with van der Waals surface area (Å²) in [6, 6.07) is 58.2. The molecular formula is C46H28N4OS. The highest BCUT2D eigenvalue weighted by atomic mass is 32.1. The lowest BCUT2D eigenvalue weighted by Crippen LogP contribution is -2.00. The molecule has 0 aliphatic heterocycles. The lowest BCUT2D eigenvalue weighted by Gasteiger charge is -2.10. The quantitative estimate of drug-likeness (QED) is 0.174. The van der Waals surface area contributed by atoms with Gasteiger partial charge in [0.2, 0.25) is 0 Å². The van der Waals surface area contributed by atoms with Crippen molar-refractivity contribution < 1.29 is 4.42 Å². The molecule has 0 amide bonds. The van der Waals surface area contributed by atoms with E-state index in [2.05, 4.69) is 127 Å². The van der Waals surface area contributed by atoms with E-state index in [1.54, 1.807) is 11.3 Å². The lowest BCUT2D eigenvalue weighted by molar-refractivity contribution is 0.669. The van der Waals surface area contributed by atoms with Crippen molar-refractivity contribution in [2.24, 2.45) is 0 Å². The third-order valence-corrected chi connectivity index (χ3v) is 10.5. The predicted octanol–water partition coefficient (Wildman–Crippen LogP) is 12.4. The standard InChI is InChI=1S/C46H28N4OS/c1-3-10-29(11-4-1)31-18-22-33(23-19-31)43-48-44(34-24-20-32(21-25-34)30-12-5-2-6-13-30)50-45(49-43)37-14-9-16-39-42(37)36-27-26-35(28-40(36)51-39)46-47-38-15-7-8-17-41(38)52-46/h1-28H. The van der Waals surface area contributed by atoms with Gasteiger partial charge in [0.05, 0.1) is 10.2 Å². The van der Waals surface area contributed by atoms with Crippen molar-refractivity contribution in [3.8, 4) is 67.0 Å². The van der Waals surface area contributed by atoms with Crippen LogP contribution in [0.4, 0.5) is 0 Å². The number of aromatic nitrogens is 4. The molecule has 0 saturated carbocycles. The molecule has 0 radical (unpaired) electrons. The van der Waals surface area contributed by atoms with Gasteiger partial charge in [-0.1, -0.05) is 140 Å². The molecule has 5 nitrogen and oxygen atoms in total. The number of hydrogen-bond donors (Lipinski definition) is 0. The van der Waals surface area contributed by atoms with E-state index in [1.807, 2.05) is 42.5 Å². The Hall–Kier alpha value is -6.76. The van der Waals surface area contributed by atoms with E-state index in [-0.39, 0.29) is 0 Å². The minimum atomic E-state index is 0.586. The molecule has 244 valence electrons. The van der Waals surface area contributed by atoms with Crippen LogP contribution in [0, 0.1) is 0 Å². The number of para-hydroxylation sites is 1. The third kappa shape index (κ3) is 5.43. The van der Waals surface area contributed by atoms with Gasteiger partial charge in [0.25, 0.3) is 0 Å². The molecule has 0 spiro atoms. The van der Waals surface area contributed by atoms with Crippen LogP contribution in [0.5, 0.6) is 0 Å². The fraction of sp³-hybridized carbons (Fsp3) is 0. The van der Waals surface area contributed by atoms with E-state index in [0.717, 1.165) is 81.7 Å². The maximum atomic E-state index is 6.50. The molecule has 52 heavy (non-hydrogen) atoms. The van der Waals surface area contributed by atoms with E-state index in [0.29, 0.717) is 17.5 Å². The predicted molar refractivity (Wildman–Crippen MR) is 213 cm³/mol. The number of thiazole rings is 1. The van der Waals surface area contributed by atoms with Crippen LogP contribution in [0.1, 0.15) is 0 Å². The summed E-state index contributed by atoms with van der Waals surface area (Å²) in [4.78, 5) is 20.2. The molecule has 0 atom stereocenters.